The first-order valence-electron chi connectivity index (χ1n) is 18.0. The van der Waals surface area contributed by atoms with Gasteiger partial charge in [0, 0.05) is 37.2 Å². The fourth-order valence-electron chi connectivity index (χ4n) is 8.44. The highest BCUT2D eigenvalue weighted by Gasteiger charge is 2.87. The zero-order chi connectivity index (χ0) is 32.6. The van der Waals surface area contributed by atoms with Gasteiger partial charge in [0.05, 0.1) is 26.2 Å². The monoisotopic (exact) mass is 635 g/mol. The third-order valence-electron chi connectivity index (χ3n) is 11.3. The number of esters is 1. The van der Waals surface area contributed by atoms with Gasteiger partial charge in [-0.25, -0.2) is 4.79 Å². The summed E-state index contributed by atoms with van der Waals surface area (Å²) in [5.74, 6) is -1.68. The number of nitrogens with two attached hydrogens (primary N) is 3. The molecule has 8 N–H and O–H groups in total. The van der Waals surface area contributed by atoms with E-state index >= 15 is 0 Å². The SMILES string of the molecule is CCCC[C@H](C[NH2+]CC)[C@H](CCCO)OC(=O)[C@]12O[C@@]1(CC(CO)=C(C)CCC1CC[NH2+]C(N)C1)C(=O)C1CCCCC1C2=O. The van der Waals surface area contributed by atoms with E-state index in [1.54, 1.807) is 0 Å². The third kappa shape index (κ3) is 7.73. The lowest BCUT2D eigenvalue weighted by molar-refractivity contribution is -0.699. The number of fused-ring (bicyclic) bond motifs is 2. The predicted octanol–water partition coefficient (Wildman–Crippen LogP) is 1.26. The van der Waals surface area contributed by atoms with Crippen molar-refractivity contribution in [2.75, 3.05) is 32.8 Å². The van der Waals surface area contributed by atoms with Gasteiger partial charge >= 0.3 is 5.97 Å². The van der Waals surface area contributed by atoms with Crippen molar-refractivity contribution in [2.45, 2.75) is 134 Å². The Labute approximate surface area is 269 Å². The van der Waals surface area contributed by atoms with Crippen molar-refractivity contribution in [3.63, 3.8) is 0 Å². The first kappa shape index (κ1) is 36.2. The number of piperidine rings is 1. The number of allylic oxidation sites excluding steroid dienone is 1. The Morgan fingerprint density at radius 2 is 1.84 bits per heavy atom. The quantitative estimate of drug-likeness (QED) is 0.0648. The van der Waals surface area contributed by atoms with Crippen molar-refractivity contribution in [1.82, 2.24) is 0 Å². The number of carbonyl (C=O) groups excluding carboxylic acids is 3. The van der Waals surface area contributed by atoms with E-state index in [1.807, 2.05) is 6.92 Å². The summed E-state index contributed by atoms with van der Waals surface area (Å²) in [7, 11) is 0. The van der Waals surface area contributed by atoms with E-state index in [9.17, 15) is 24.6 Å². The summed E-state index contributed by atoms with van der Waals surface area (Å²) in [6.07, 6.45) is 10.1. The van der Waals surface area contributed by atoms with Crippen LogP contribution in [-0.2, 0) is 23.9 Å². The van der Waals surface area contributed by atoms with Crippen LogP contribution < -0.4 is 16.4 Å². The predicted molar refractivity (Wildman–Crippen MR) is 170 cm³/mol. The maximum Gasteiger partial charge on any atom is 0.350 e. The molecule has 0 amide bonds. The summed E-state index contributed by atoms with van der Waals surface area (Å²) >= 11 is 0. The molecular weight excluding hydrogens is 574 g/mol. The van der Waals surface area contributed by atoms with Gasteiger partial charge in [0.1, 0.15) is 12.3 Å². The van der Waals surface area contributed by atoms with E-state index in [0.717, 1.165) is 83.0 Å². The molecule has 4 aliphatic rings. The number of ketones is 2. The number of quaternary nitrogens is 2. The molecule has 45 heavy (non-hydrogen) atoms. The molecule has 4 rings (SSSR count). The molecule has 2 heterocycles. The molecule has 4 unspecified atom stereocenters. The standard InChI is InChI=1S/C35H59N3O7/c1-4-6-10-25(21-37-5-2)29(13-9-18-39)44-33(43)35-32(42)28-12-8-7-11-27(28)31(41)34(35,45-35)20-26(22-40)23(3)14-15-24-16-17-38-30(36)19-24/h24-25,27-30,37-40H,4-22,36H2,1-3H3/p+2/t24?,25-,27?,28?,29+,30?,34+,35+/m1/s1. The second-order valence-electron chi connectivity index (χ2n) is 14.3. The maximum atomic E-state index is 14.3. The minimum Gasteiger partial charge on any atom is -0.459 e. The molecule has 2 aliphatic heterocycles. The number of hydrogen-bond acceptors (Lipinski definition) is 8. The Morgan fingerprint density at radius 3 is 2.49 bits per heavy atom. The molecule has 0 spiro atoms. The van der Waals surface area contributed by atoms with Crippen LogP contribution in [0.4, 0.5) is 0 Å². The number of hydrogen-bond donors (Lipinski definition) is 5. The number of carbonyl (C=O) groups is 3. The summed E-state index contributed by atoms with van der Waals surface area (Å²) in [6, 6.07) is 0. The van der Waals surface area contributed by atoms with Crippen molar-refractivity contribution >= 4 is 17.5 Å². The molecule has 10 nitrogen and oxygen atoms in total. The molecular formula is C35H61N3O7+2. The Morgan fingerprint density at radius 1 is 1.11 bits per heavy atom. The summed E-state index contributed by atoms with van der Waals surface area (Å²) in [6.45, 7) is 8.59. The fourth-order valence-corrected chi connectivity index (χ4v) is 8.44. The highest BCUT2D eigenvalue weighted by molar-refractivity contribution is 6.23. The minimum atomic E-state index is -1.96. The Kier molecular flexibility index (Phi) is 13.2. The van der Waals surface area contributed by atoms with E-state index in [1.165, 1.54) is 0 Å². The molecule has 2 aliphatic carbocycles. The molecule has 8 atom stereocenters. The number of unbranched alkanes of at least 4 members (excludes halogenated alkanes) is 1. The maximum absolute atomic E-state index is 14.3. The molecule has 10 heteroatoms. The van der Waals surface area contributed by atoms with Crippen LogP contribution in [0.3, 0.4) is 0 Å². The van der Waals surface area contributed by atoms with E-state index < -0.39 is 35.1 Å². The van der Waals surface area contributed by atoms with Crippen molar-refractivity contribution in [3.8, 4) is 0 Å². The van der Waals surface area contributed by atoms with Crippen LogP contribution in [0, 0.1) is 23.7 Å². The molecule has 4 fully saturated rings. The van der Waals surface area contributed by atoms with Gasteiger partial charge in [-0.05, 0) is 76.7 Å². The smallest absolute Gasteiger partial charge is 0.350 e. The van der Waals surface area contributed by atoms with E-state index in [-0.39, 0.29) is 43.3 Å². The van der Waals surface area contributed by atoms with Gasteiger partial charge in [-0.2, -0.15) is 0 Å². The normalized spacial score (nSPS) is 33.1. The first-order chi connectivity index (χ1) is 21.7. The second-order valence-corrected chi connectivity index (χ2v) is 14.3. The van der Waals surface area contributed by atoms with Crippen molar-refractivity contribution in [1.29, 1.82) is 0 Å². The van der Waals surface area contributed by atoms with Crippen molar-refractivity contribution in [3.05, 3.63) is 11.1 Å². The summed E-state index contributed by atoms with van der Waals surface area (Å²) < 4.78 is 12.5. The van der Waals surface area contributed by atoms with Crippen molar-refractivity contribution < 1.29 is 44.7 Å². The second kappa shape index (κ2) is 16.4. The molecule has 0 radical (unpaired) electrons. The Balaban J connectivity index is 1.62. The van der Waals surface area contributed by atoms with Gasteiger partial charge in [-0.1, -0.05) is 38.2 Å². The Bertz CT molecular complexity index is 1060. The number of ether oxygens (including phenoxy) is 2. The molecule has 256 valence electrons. The lowest BCUT2D eigenvalue weighted by Crippen LogP contribution is -2.94. The van der Waals surface area contributed by atoms with E-state index in [0.29, 0.717) is 37.2 Å². The summed E-state index contributed by atoms with van der Waals surface area (Å²) in [4.78, 5) is 43.0. The zero-order valence-electron chi connectivity index (χ0n) is 28.1. The highest BCUT2D eigenvalue weighted by atomic mass is 16.7. The largest absolute Gasteiger partial charge is 0.459 e. The van der Waals surface area contributed by atoms with Crippen LogP contribution in [0.2, 0.25) is 0 Å². The number of aliphatic hydroxyl groups is 2. The lowest BCUT2D eigenvalue weighted by atomic mass is 9.60. The lowest BCUT2D eigenvalue weighted by Gasteiger charge is -2.38. The van der Waals surface area contributed by atoms with Gasteiger partial charge in [-0.3, -0.25) is 15.3 Å². The molecule has 0 aromatic rings. The fraction of sp³-hybridized carbons (Fsp3) is 0.857. The Hall–Kier alpha value is -1.69. The van der Waals surface area contributed by atoms with Crippen LogP contribution in [-0.4, -0.2) is 84.1 Å². The van der Waals surface area contributed by atoms with Crippen LogP contribution in [0.1, 0.15) is 111 Å². The molecule has 0 aromatic carbocycles. The van der Waals surface area contributed by atoms with Crippen molar-refractivity contribution in [2.24, 2.45) is 29.4 Å². The summed E-state index contributed by atoms with van der Waals surface area (Å²) in [5.41, 5.74) is 4.22. The number of rotatable bonds is 18. The first-order valence-corrected chi connectivity index (χ1v) is 18.0. The molecule has 0 aromatic heterocycles. The van der Waals surface area contributed by atoms with Gasteiger partial charge in [-0.15, -0.1) is 0 Å². The number of aliphatic hydroxyl groups excluding tert-OH is 2. The zero-order valence-corrected chi connectivity index (χ0v) is 28.1. The van der Waals surface area contributed by atoms with E-state index in [4.69, 9.17) is 15.2 Å². The average molecular weight is 636 g/mol. The number of Topliss-reactive ketones (excluding diaryl/α,β-unsaturated/α-hetero) is 2. The molecule has 2 saturated carbocycles. The van der Waals surface area contributed by atoms with Crippen LogP contribution in [0.15, 0.2) is 11.1 Å². The molecule has 2 saturated heterocycles. The van der Waals surface area contributed by atoms with Gasteiger partial charge in [0.25, 0.3) is 5.60 Å². The van der Waals surface area contributed by atoms with Gasteiger partial charge < -0.3 is 30.3 Å². The third-order valence-corrected chi connectivity index (χ3v) is 11.3. The highest BCUT2D eigenvalue weighted by Crippen LogP contribution is 2.62. The number of epoxide rings is 1. The van der Waals surface area contributed by atoms with Gasteiger partial charge in [0.15, 0.2) is 17.2 Å². The van der Waals surface area contributed by atoms with Crippen LogP contribution >= 0.6 is 0 Å². The minimum absolute atomic E-state index is 0.0201. The van der Waals surface area contributed by atoms with Crippen LogP contribution in [0.5, 0.6) is 0 Å². The van der Waals surface area contributed by atoms with Crippen LogP contribution in [0.25, 0.3) is 0 Å². The topological polar surface area (TPSA) is 173 Å². The molecule has 0 bridgehead atoms. The van der Waals surface area contributed by atoms with Gasteiger partial charge in [0.2, 0.25) is 0 Å². The van der Waals surface area contributed by atoms with E-state index in [2.05, 4.69) is 24.5 Å². The average Bonchev–Trinajstić information content (AvgIpc) is 3.75. The summed E-state index contributed by atoms with van der Waals surface area (Å²) in [5, 5.41) is 24.6.